The Morgan fingerprint density at radius 1 is 1.53 bits per heavy atom. The maximum Gasteiger partial charge on any atom is 0.407 e. The van der Waals surface area contributed by atoms with Gasteiger partial charge in [-0.1, -0.05) is 0 Å². The molecule has 1 amide bonds. The van der Waals surface area contributed by atoms with Crippen LogP contribution >= 0.6 is 12.4 Å². The van der Waals surface area contributed by atoms with E-state index < -0.39 is 5.60 Å². The van der Waals surface area contributed by atoms with Crippen LogP contribution in [0.4, 0.5) is 4.79 Å². The highest BCUT2D eigenvalue weighted by Crippen LogP contribution is 2.56. The zero-order chi connectivity index (χ0) is 11.8. The fraction of sp³-hybridized carbons (Fsp3) is 0.917. The van der Waals surface area contributed by atoms with Crippen molar-refractivity contribution in [2.75, 3.05) is 19.6 Å². The van der Waals surface area contributed by atoms with Crippen LogP contribution in [0.3, 0.4) is 0 Å². The van der Waals surface area contributed by atoms with Gasteiger partial charge < -0.3 is 15.4 Å². The summed E-state index contributed by atoms with van der Waals surface area (Å²) in [4.78, 5) is 11.4. The Hall–Kier alpha value is -0.480. The van der Waals surface area contributed by atoms with Crippen LogP contribution in [0.1, 0.15) is 33.6 Å². The van der Waals surface area contributed by atoms with Gasteiger partial charge >= 0.3 is 6.09 Å². The second kappa shape index (κ2) is 5.02. The van der Waals surface area contributed by atoms with Gasteiger partial charge in [0.1, 0.15) is 5.60 Å². The molecule has 2 rings (SSSR count). The van der Waals surface area contributed by atoms with Crippen LogP contribution in [0.2, 0.25) is 0 Å². The molecule has 0 radical (unpaired) electrons. The average Bonchev–Trinajstić information content (AvgIpc) is 2.54. The molecule has 1 saturated heterocycles. The molecule has 0 bridgehead atoms. The Morgan fingerprint density at radius 3 is 2.76 bits per heavy atom. The van der Waals surface area contributed by atoms with E-state index in [4.69, 9.17) is 4.74 Å². The van der Waals surface area contributed by atoms with E-state index in [9.17, 15) is 4.79 Å². The van der Waals surface area contributed by atoms with Gasteiger partial charge in [-0.2, -0.15) is 0 Å². The average molecular weight is 263 g/mol. The molecule has 1 aliphatic carbocycles. The van der Waals surface area contributed by atoms with Gasteiger partial charge in [0.25, 0.3) is 0 Å². The molecule has 0 aromatic heterocycles. The third-order valence-corrected chi connectivity index (χ3v) is 3.53. The van der Waals surface area contributed by atoms with E-state index in [1.807, 2.05) is 20.8 Å². The lowest BCUT2D eigenvalue weighted by Crippen LogP contribution is -2.34. The number of nitrogens with one attached hydrogen (secondary N) is 2. The number of carbonyl (C=O) groups excluding carboxylic acids is 1. The van der Waals surface area contributed by atoms with E-state index in [1.165, 1.54) is 12.8 Å². The number of halogens is 1. The smallest absolute Gasteiger partial charge is 0.407 e. The fourth-order valence-corrected chi connectivity index (χ4v) is 2.53. The molecule has 1 heterocycles. The molecule has 1 saturated carbocycles. The van der Waals surface area contributed by atoms with Gasteiger partial charge in [-0.15, -0.1) is 12.4 Å². The van der Waals surface area contributed by atoms with Crippen molar-refractivity contribution < 1.29 is 9.53 Å². The van der Waals surface area contributed by atoms with Crippen LogP contribution in [0.15, 0.2) is 0 Å². The van der Waals surface area contributed by atoms with Crippen LogP contribution in [0, 0.1) is 11.3 Å². The summed E-state index contributed by atoms with van der Waals surface area (Å²) in [7, 11) is 0. The Bertz CT molecular complexity index is 283. The molecule has 1 spiro atoms. The Balaban J connectivity index is 0.00000144. The summed E-state index contributed by atoms with van der Waals surface area (Å²) in [5, 5.41) is 6.25. The standard InChI is InChI=1S/C12H22N2O2.ClH/c1-11(2,3)16-10(15)14-7-9-6-12(9)4-5-13-8-12;/h9,13H,4-8H2,1-3H3,(H,14,15);1H. The van der Waals surface area contributed by atoms with Crippen molar-refractivity contribution in [3.05, 3.63) is 0 Å². The summed E-state index contributed by atoms with van der Waals surface area (Å²) < 4.78 is 5.20. The monoisotopic (exact) mass is 262 g/mol. The molecule has 2 fully saturated rings. The Morgan fingerprint density at radius 2 is 2.24 bits per heavy atom. The minimum absolute atomic E-state index is 0. The molecule has 0 aromatic carbocycles. The van der Waals surface area contributed by atoms with Crippen LogP contribution in [-0.4, -0.2) is 31.3 Å². The van der Waals surface area contributed by atoms with Gasteiger partial charge in [0, 0.05) is 13.1 Å². The van der Waals surface area contributed by atoms with Crippen molar-refractivity contribution in [2.24, 2.45) is 11.3 Å². The summed E-state index contributed by atoms with van der Waals surface area (Å²) in [6.07, 6.45) is 2.21. The molecule has 2 aliphatic rings. The largest absolute Gasteiger partial charge is 0.444 e. The van der Waals surface area contributed by atoms with Gasteiger partial charge in [-0.3, -0.25) is 0 Å². The Labute approximate surface area is 109 Å². The lowest BCUT2D eigenvalue weighted by molar-refractivity contribution is 0.0523. The van der Waals surface area contributed by atoms with Crippen LogP contribution in [0.25, 0.3) is 0 Å². The molecule has 5 heteroatoms. The van der Waals surface area contributed by atoms with Crippen molar-refractivity contribution in [3.8, 4) is 0 Å². The van der Waals surface area contributed by atoms with E-state index in [-0.39, 0.29) is 18.5 Å². The molecule has 100 valence electrons. The first kappa shape index (κ1) is 14.6. The summed E-state index contributed by atoms with van der Waals surface area (Å²) in [6.45, 7) is 8.65. The minimum atomic E-state index is -0.403. The van der Waals surface area contributed by atoms with Crippen molar-refractivity contribution in [1.29, 1.82) is 0 Å². The summed E-state index contributed by atoms with van der Waals surface area (Å²) in [6, 6.07) is 0. The highest BCUT2D eigenvalue weighted by molar-refractivity contribution is 5.85. The normalized spacial score (nSPS) is 30.9. The molecule has 1 aliphatic heterocycles. The van der Waals surface area contributed by atoms with E-state index in [2.05, 4.69) is 10.6 Å². The lowest BCUT2D eigenvalue weighted by atomic mass is 10.0. The van der Waals surface area contributed by atoms with Crippen LogP contribution < -0.4 is 10.6 Å². The molecule has 2 N–H and O–H groups in total. The van der Waals surface area contributed by atoms with Crippen molar-refractivity contribution in [2.45, 2.75) is 39.2 Å². The number of amides is 1. The van der Waals surface area contributed by atoms with Crippen molar-refractivity contribution in [3.63, 3.8) is 0 Å². The number of rotatable bonds is 2. The van der Waals surface area contributed by atoms with E-state index in [1.54, 1.807) is 0 Å². The zero-order valence-corrected chi connectivity index (χ0v) is 11.7. The predicted molar refractivity (Wildman–Crippen MR) is 69.5 cm³/mol. The first-order chi connectivity index (χ1) is 7.41. The third kappa shape index (κ3) is 3.75. The topological polar surface area (TPSA) is 50.4 Å². The summed E-state index contributed by atoms with van der Waals surface area (Å²) in [5.74, 6) is 0.648. The highest BCUT2D eigenvalue weighted by Gasteiger charge is 2.54. The summed E-state index contributed by atoms with van der Waals surface area (Å²) >= 11 is 0. The second-order valence-corrected chi connectivity index (χ2v) is 6.07. The molecular weight excluding hydrogens is 240 g/mol. The molecular formula is C12H23ClN2O2. The van der Waals surface area contributed by atoms with Crippen molar-refractivity contribution >= 4 is 18.5 Å². The van der Waals surface area contributed by atoms with E-state index in [0.29, 0.717) is 11.3 Å². The molecule has 2 unspecified atom stereocenters. The quantitative estimate of drug-likeness (QED) is 0.800. The van der Waals surface area contributed by atoms with Gasteiger partial charge in [-0.25, -0.2) is 4.79 Å². The number of alkyl carbamates (subject to hydrolysis) is 1. The van der Waals surface area contributed by atoms with Gasteiger partial charge in [0.2, 0.25) is 0 Å². The van der Waals surface area contributed by atoms with Gasteiger partial charge in [-0.05, 0) is 51.5 Å². The van der Waals surface area contributed by atoms with Crippen molar-refractivity contribution in [1.82, 2.24) is 10.6 Å². The minimum Gasteiger partial charge on any atom is -0.444 e. The maximum atomic E-state index is 11.4. The van der Waals surface area contributed by atoms with Gasteiger partial charge in [0.15, 0.2) is 0 Å². The first-order valence-corrected chi connectivity index (χ1v) is 6.09. The molecule has 2 atom stereocenters. The SMILES string of the molecule is CC(C)(C)OC(=O)NCC1CC12CCNC2.Cl. The van der Waals surface area contributed by atoms with Gasteiger partial charge in [0.05, 0.1) is 0 Å². The fourth-order valence-electron chi connectivity index (χ4n) is 2.53. The maximum absolute atomic E-state index is 11.4. The molecule has 0 aromatic rings. The van der Waals surface area contributed by atoms with E-state index in [0.717, 1.165) is 19.6 Å². The highest BCUT2D eigenvalue weighted by atomic mass is 35.5. The zero-order valence-electron chi connectivity index (χ0n) is 10.8. The first-order valence-electron chi connectivity index (χ1n) is 6.09. The lowest BCUT2D eigenvalue weighted by Gasteiger charge is -2.19. The number of ether oxygens (including phenoxy) is 1. The Kier molecular flexibility index (Phi) is 4.31. The molecule has 17 heavy (non-hydrogen) atoms. The number of carbonyl (C=O) groups is 1. The number of hydrogen-bond acceptors (Lipinski definition) is 3. The van der Waals surface area contributed by atoms with Crippen LogP contribution in [-0.2, 0) is 4.74 Å². The second-order valence-electron chi connectivity index (χ2n) is 6.07. The number of hydrogen-bond donors (Lipinski definition) is 2. The third-order valence-electron chi connectivity index (χ3n) is 3.53. The molecule has 4 nitrogen and oxygen atoms in total. The van der Waals surface area contributed by atoms with Crippen LogP contribution in [0.5, 0.6) is 0 Å². The predicted octanol–water partition coefficient (Wildman–Crippen LogP) is 1.93. The van der Waals surface area contributed by atoms with E-state index >= 15 is 0 Å². The summed E-state index contributed by atoms with van der Waals surface area (Å²) in [5.41, 5.74) is 0.0925.